The fourth-order valence-corrected chi connectivity index (χ4v) is 1.17. The van der Waals surface area contributed by atoms with E-state index in [1.807, 2.05) is 20.9 Å². The highest BCUT2D eigenvalue weighted by Crippen LogP contribution is 2.00. The van der Waals surface area contributed by atoms with Crippen LogP contribution in [0.15, 0.2) is 0 Å². The number of hydrogen-bond donors (Lipinski definition) is 1. The molecule has 0 radical (unpaired) electrons. The lowest BCUT2D eigenvalue weighted by Crippen LogP contribution is -2.06. The van der Waals surface area contributed by atoms with Gasteiger partial charge in [-0.2, -0.15) is 0 Å². The van der Waals surface area contributed by atoms with Crippen molar-refractivity contribution >= 4 is 12.1 Å². The van der Waals surface area contributed by atoms with E-state index in [4.69, 9.17) is 0 Å². The van der Waals surface area contributed by atoms with E-state index in [1.165, 1.54) is 45.6 Å². The maximum absolute atomic E-state index is 10.0. The number of carbonyl (C=O) groups excluding carboxylic acids is 2. The van der Waals surface area contributed by atoms with Crippen molar-refractivity contribution < 1.29 is 9.59 Å². The summed E-state index contributed by atoms with van der Waals surface area (Å²) in [7, 11) is 2.01. The van der Waals surface area contributed by atoms with Gasteiger partial charge < -0.3 is 14.9 Å². The minimum absolute atomic E-state index is 0.0760. The van der Waals surface area contributed by atoms with Gasteiger partial charge in [0, 0.05) is 12.8 Å². The summed E-state index contributed by atoms with van der Waals surface area (Å²) in [6.07, 6.45) is 8.42. The first-order valence-corrected chi connectivity index (χ1v) is 7.26. The van der Waals surface area contributed by atoms with Gasteiger partial charge in [-0.1, -0.05) is 46.5 Å². The highest BCUT2D eigenvalue weighted by atomic mass is 16.1. The van der Waals surface area contributed by atoms with E-state index in [9.17, 15) is 9.59 Å². The molecule has 0 saturated carbocycles. The van der Waals surface area contributed by atoms with Crippen LogP contribution in [0.25, 0.3) is 0 Å². The van der Waals surface area contributed by atoms with E-state index >= 15 is 0 Å². The molecule has 1 N–H and O–H groups in total. The smallest absolute Gasteiger partial charge is 0.130 e. The van der Waals surface area contributed by atoms with Crippen molar-refractivity contribution in [2.45, 2.75) is 72.6 Å². The van der Waals surface area contributed by atoms with Crippen LogP contribution in [-0.2, 0) is 9.59 Å². The third-order valence-corrected chi connectivity index (χ3v) is 2.14. The maximum atomic E-state index is 10.0. The Labute approximate surface area is 114 Å². The third kappa shape index (κ3) is 36.2. The monoisotopic (exact) mass is 259 g/mol. The van der Waals surface area contributed by atoms with Crippen LogP contribution in [0.2, 0.25) is 0 Å². The van der Waals surface area contributed by atoms with Gasteiger partial charge in [0.05, 0.1) is 0 Å². The predicted octanol–water partition coefficient (Wildman–Crippen LogP) is 3.76. The zero-order valence-electron chi connectivity index (χ0n) is 13.1. The molecule has 0 aliphatic rings. The van der Waals surface area contributed by atoms with Crippen molar-refractivity contribution in [3.05, 3.63) is 0 Å². The number of hydrogen-bond acceptors (Lipinski definition) is 3. The fraction of sp³-hybridized carbons (Fsp3) is 0.867. The Bertz CT molecular complexity index is 153. The van der Waals surface area contributed by atoms with Crippen LogP contribution in [0.1, 0.15) is 72.6 Å². The van der Waals surface area contributed by atoms with E-state index < -0.39 is 0 Å². The van der Waals surface area contributed by atoms with E-state index in [0.29, 0.717) is 12.8 Å². The summed E-state index contributed by atoms with van der Waals surface area (Å²) >= 11 is 0. The minimum atomic E-state index is 0.0760. The van der Waals surface area contributed by atoms with Gasteiger partial charge in [-0.3, -0.25) is 0 Å². The number of rotatable bonds is 9. The Morgan fingerprint density at radius 1 is 1.11 bits per heavy atom. The summed E-state index contributed by atoms with van der Waals surface area (Å²) in [5.41, 5.74) is 0. The molecule has 3 heteroatoms. The molecule has 0 rings (SSSR count). The highest BCUT2D eigenvalue weighted by Gasteiger charge is 1.87. The lowest BCUT2D eigenvalue weighted by atomic mass is 10.1. The Balaban J connectivity index is -0.000000225. The first-order valence-electron chi connectivity index (χ1n) is 7.26. The van der Waals surface area contributed by atoms with E-state index in [2.05, 4.69) is 12.2 Å². The zero-order chi connectivity index (χ0) is 14.6. The lowest BCUT2D eigenvalue weighted by Gasteiger charge is -1.97. The molecule has 0 spiro atoms. The third-order valence-electron chi connectivity index (χ3n) is 2.14. The summed E-state index contributed by atoms with van der Waals surface area (Å²) < 4.78 is 0. The molecule has 0 saturated heterocycles. The molecule has 0 unspecified atom stereocenters. The van der Waals surface area contributed by atoms with Crippen molar-refractivity contribution in [2.24, 2.45) is 0 Å². The second-order valence-corrected chi connectivity index (χ2v) is 3.93. The summed E-state index contributed by atoms with van der Waals surface area (Å²) in [5, 5.41) is 3.14. The van der Waals surface area contributed by atoms with Crippen LogP contribution < -0.4 is 5.32 Å². The standard InChI is InChI=1S/C8H19N.C5H8O2.C2H6/c1-3-4-5-6-7-8-9-2;1-5(7)3-2-4-6;1-2/h9H,3-8H2,1-2H3;4H,2-3H2,1H3;1-2H3. The Morgan fingerprint density at radius 2 is 1.67 bits per heavy atom. The van der Waals surface area contributed by atoms with E-state index in [-0.39, 0.29) is 5.78 Å². The molecular formula is C15H33NO2. The molecule has 0 aromatic heterocycles. The summed E-state index contributed by atoms with van der Waals surface area (Å²) in [4.78, 5) is 19.6. The van der Waals surface area contributed by atoms with Crippen LogP contribution in [0, 0.1) is 0 Å². The molecule has 110 valence electrons. The summed E-state index contributed by atoms with van der Waals surface area (Å²) in [6, 6.07) is 0. The van der Waals surface area contributed by atoms with Crippen LogP contribution >= 0.6 is 0 Å². The normalized spacial score (nSPS) is 8.50. The van der Waals surface area contributed by atoms with Crippen LogP contribution in [0.5, 0.6) is 0 Å². The van der Waals surface area contributed by atoms with Gasteiger partial charge in [0.15, 0.2) is 0 Å². The second-order valence-electron chi connectivity index (χ2n) is 3.93. The van der Waals surface area contributed by atoms with Crippen molar-refractivity contribution in [2.75, 3.05) is 13.6 Å². The molecule has 0 atom stereocenters. The summed E-state index contributed by atoms with van der Waals surface area (Å²) in [6.45, 7) is 8.91. The molecular weight excluding hydrogens is 226 g/mol. The number of aldehydes is 1. The molecule has 0 aromatic carbocycles. The molecule has 0 aromatic rings. The average molecular weight is 259 g/mol. The SMILES string of the molecule is CC.CC(=O)CCC=O.CCCCCCCNC. The van der Waals surface area contributed by atoms with Crippen molar-refractivity contribution in [3.63, 3.8) is 0 Å². The van der Waals surface area contributed by atoms with Crippen molar-refractivity contribution in [1.29, 1.82) is 0 Å². The molecule has 0 amide bonds. The van der Waals surface area contributed by atoms with Crippen LogP contribution in [0.4, 0.5) is 0 Å². The zero-order valence-corrected chi connectivity index (χ0v) is 13.1. The van der Waals surface area contributed by atoms with Gasteiger partial charge in [0.25, 0.3) is 0 Å². The number of Topliss-reactive ketones (excluding diaryl/α,β-unsaturated/α-hetero) is 1. The molecule has 0 aliphatic carbocycles. The topological polar surface area (TPSA) is 46.2 Å². The van der Waals surface area contributed by atoms with Gasteiger partial charge in [-0.15, -0.1) is 0 Å². The van der Waals surface area contributed by atoms with Gasteiger partial charge in [0.2, 0.25) is 0 Å². The fourth-order valence-electron chi connectivity index (χ4n) is 1.17. The molecule has 0 fully saturated rings. The van der Waals surface area contributed by atoms with Gasteiger partial charge in [-0.25, -0.2) is 0 Å². The molecule has 0 bridgehead atoms. The van der Waals surface area contributed by atoms with Crippen molar-refractivity contribution in [3.8, 4) is 0 Å². The second kappa shape index (κ2) is 25.2. The quantitative estimate of drug-likeness (QED) is 0.506. The first-order chi connectivity index (χ1) is 8.68. The largest absolute Gasteiger partial charge is 0.320 e. The predicted molar refractivity (Wildman–Crippen MR) is 80.0 cm³/mol. The van der Waals surface area contributed by atoms with Crippen molar-refractivity contribution in [1.82, 2.24) is 5.32 Å². The van der Waals surface area contributed by atoms with Gasteiger partial charge in [0.1, 0.15) is 12.1 Å². The van der Waals surface area contributed by atoms with Crippen LogP contribution in [-0.4, -0.2) is 25.7 Å². The maximum Gasteiger partial charge on any atom is 0.130 e. The number of unbranched alkanes of at least 4 members (excludes halogenated alkanes) is 4. The Morgan fingerprint density at radius 3 is 2.00 bits per heavy atom. The summed E-state index contributed by atoms with van der Waals surface area (Å²) in [5.74, 6) is 0.0760. The van der Waals surface area contributed by atoms with Crippen LogP contribution in [0.3, 0.4) is 0 Å². The number of nitrogens with one attached hydrogen (secondary N) is 1. The van der Waals surface area contributed by atoms with E-state index in [1.54, 1.807) is 0 Å². The average Bonchev–Trinajstić information content (AvgIpc) is 2.39. The Kier molecular flexibility index (Phi) is 31.5. The minimum Gasteiger partial charge on any atom is -0.320 e. The first kappa shape index (κ1) is 22.5. The lowest BCUT2D eigenvalue weighted by molar-refractivity contribution is -0.118. The molecule has 0 aliphatic heterocycles. The Hall–Kier alpha value is -0.700. The van der Waals surface area contributed by atoms with Gasteiger partial charge in [-0.05, 0) is 26.9 Å². The number of ketones is 1. The molecule has 0 heterocycles. The highest BCUT2D eigenvalue weighted by molar-refractivity contribution is 5.77. The number of carbonyl (C=O) groups is 2. The molecule has 18 heavy (non-hydrogen) atoms. The van der Waals surface area contributed by atoms with E-state index in [0.717, 1.165) is 6.29 Å². The molecule has 3 nitrogen and oxygen atoms in total. The van der Waals surface area contributed by atoms with Gasteiger partial charge >= 0.3 is 0 Å².